The molecule has 0 spiro atoms. The highest BCUT2D eigenvalue weighted by atomic mass is 35.5. The first-order valence-electron chi connectivity index (χ1n) is 7.98. The molecule has 3 aromatic rings. The van der Waals surface area contributed by atoms with Crippen molar-refractivity contribution in [3.8, 4) is 5.75 Å². The van der Waals surface area contributed by atoms with Gasteiger partial charge in [-0.2, -0.15) is 0 Å². The van der Waals surface area contributed by atoms with E-state index in [-0.39, 0.29) is 0 Å². The van der Waals surface area contributed by atoms with Crippen molar-refractivity contribution in [2.24, 2.45) is 0 Å². The third-order valence-electron chi connectivity index (χ3n) is 3.86. The second-order valence-electron chi connectivity index (χ2n) is 5.99. The highest BCUT2D eigenvalue weighted by Gasteiger charge is 2.10. The molecule has 2 aromatic carbocycles. The molecule has 0 saturated carbocycles. The standard InChI is InChI=1S/C19H18ClNO4/c1-12-8-13(2)10-15(9-12)24-7-3-6-21-17-5-4-14(20)11-16(17)18(22)25-19(21)23/h4-5,8-11H,3,6-7H2,1-2H3. The van der Waals surface area contributed by atoms with Gasteiger partial charge in [0.05, 0.1) is 17.5 Å². The number of fused-ring (bicyclic) bond motifs is 1. The summed E-state index contributed by atoms with van der Waals surface area (Å²) in [5.74, 6) is 0.132. The molecule has 0 bridgehead atoms. The minimum atomic E-state index is -0.676. The monoisotopic (exact) mass is 359 g/mol. The van der Waals surface area contributed by atoms with Gasteiger partial charge in [-0.1, -0.05) is 17.7 Å². The van der Waals surface area contributed by atoms with Crippen LogP contribution in [0.25, 0.3) is 10.9 Å². The number of rotatable bonds is 5. The van der Waals surface area contributed by atoms with E-state index in [2.05, 4.69) is 6.07 Å². The number of halogens is 1. The highest BCUT2D eigenvalue weighted by Crippen LogP contribution is 2.17. The first-order valence-corrected chi connectivity index (χ1v) is 8.36. The molecule has 5 nitrogen and oxygen atoms in total. The van der Waals surface area contributed by atoms with E-state index in [1.165, 1.54) is 10.6 Å². The van der Waals surface area contributed by atoms with Crippen LogP contribution in [0.15, 0.2) is 50.4 Å². The van der Waals surface area contributed by atoms with Gasteiger partial charge in [0.1, 0.15) is 5.75 Å². The molecule has 0 unspecified atom stereocenters. The molecule has 25 heavy (non-hydrogen) atoms. The van der Waals surface area contributed by atoms with E-state index in [9.17, 15) is 9.59 Å². The minimum Gasteiger partial charge on any atom is -0.494 e. The Kier molecular flexibility index (Phi) is 4.95. The van der Waals surface area contributed by atoms with Gasteiger partial charge >= 0.3 is 11.4 Å². The van der Waals surface area contributed by atoms with E-state index in [4.69, 9.17) is 20.8 Å². The molecule has 6 heteroatoms. The number of aromatic nitrogens is 1. The number of nitrogens with zero attached hydrogens (tertiary/aromatic N) is 1. The maximum atomic E-state index is 12.0. The van der Waals surface area contributed by atoms with Crippen LogP contribution in [-0.2, 0) is 6.54 Å². The molecule has 130 valence electrons. The van der Waals surface area contributed by atoms with E-state index < -0.39 is 11.4 Å². The van der Waals surface area contributed by atoms with Gasteiger partial charge in [0.15, 0.2) is 0 Å². The van der Waals surface area contributed by atoms with Crippen molar-refractivity contribution in [1.29, 1.82) is 0 Å². The fourth-order valence-electron chi connectivity index (χ4n) is 2.84. The number of hydrogen-bond donors (Lipinski definition) is 0. The molecule has 0 aliphatic heterocycles. The van der Waals surface area contributed by atoms with Gasteiger partial charge in [0.25, 0.3) is 0 Å². The van der Waals surface area contributed by atoms with E-state index >= 15 is 0 Å². The average Bonchev–Trinajstić information content (AvgIpc) is 2.53. The first kappa shape index (κ1) is 17.3. The fourth-order valence-corrected chi connectivity index (χ4v) is 3.01. The summed E-state index contributed by atoms with van der Waals surface area (Å²) in [7, 11) is 0. The van der Waals surface area contributed by atoms with Crippen molar-refractivity contribution >= 4 is 22.5 Å². The SMILES string of the molecule is Cc1cc(C)cc(OCCCn2c(=O)oc(=O)c3cc(Cl)ccc32)c1. The van der Waals surface area contributed by atoms with Gasteiger partial charge < -0.3 is 9.15 Å². The summed E-state index contributed by atoms with van der Waals surface area (Å²) in [6.07, 6.45) is 0.596. The minimum absolute atomic E-state index is 0.294. The molecule has 0 fully saturated rings. The van der Waals surface area contributed by atoms with E-state index in [1.54, 1.807) is 12.1 Å². The lowest BCUT2D eigenvalue weighted by atomic mass is 10.1. The summed E-state index contributed by atoms with van der Waals surface area (Å²) in [6.45, 7) is 4.86. The second kappa shape index (κ2) is 7.15. The molecule has 0 aliphatic rings. The first-order chi connectivity index (χ1) is 11.9. The maximum Gasteiger partial charge on any atom is 0.422 e. The summed E-state index contributed by atoms with van der Waals surface area (Å²) in [6, 6.07) is 10.8. The Morgan fingerprint density at radius 1 is 1.08 bits per heavy atom. The van der Waals surface area contributed by atoms with Crippen molar-refractivity contribution < 1.29 is 9.15 Å². The Morgan fingerprint density at radius 2 is 1.80 bits per heavy atom. The van der Waals surface area contributed by atoms with E-state index in [0.29, 0.717) is 35.5 Å². The third kappa shape index (κ3) is 3.94. The van der Waals surface area contributed by atoms with Crippen molar-refractivity contribution in [2.75, 3.05) is 6.61 Å². The zero-order chi connectivity index (χ0) is 18.0. The maximum absolute atomic E-state index is 12.0. The molecule has 0 atom stereocenters. The second-order valence-corrected chi connectivity index (χ2v) is 6.43. The summed E-state index contributed by atoms with van der Waals surface area (Å²) < 4.78 is 12.0. The quantitative estimate of drug-likeness (QED) is 0.652. The zero-order valence-corrected chi connectivity index (χ0v) is 14.8. The Morgan fingerprint density at radius 3 is 2.52 bits per heavy atom. The van der Waals surface area contributed by atoms with Crippen molar-refractivity contribution in [1.82, 2.24) is 4.57 Å². The topological polar surface area (TPSA) is 61.4 Å². The predicted molar refractivity (Wildman–Crippen MR) is 97.8 cm³/mol. The van der Waals surface area contributed by atoms with Crippen LogP contribution in [0, 0.1) is 13.8 Å². The van der Waals surface area contributed by atoms with E-state index in [0.717, 1.165) is 16.9 Å². The van der Waals surface area contributed by atoms with Crippen LogP contribution < -0.4 is 16.1 Å². The highest BCUT2D eigenvalue weighted by molar-refractivity contribution is 6.31. The molecule has 0 amide bonds. The van der Waals surface area contributed by atoms with Gasteiger partial charge in [-0.25, -0.2) is 9.59 Å². The summed E-state index contributed by atoms with van der Waals surface area (Å²) >= 11 is 5.91. The lowest BCUT2D eigenvalue weighted by molar-refractivity contribution is 0.296. The summed E-state index contributed by atoms with van der Waals surface area (Å²) in [5.41, 5.74) is 2.11. The van der Waals surface area contributed by atoms with Crippen LogP contribution in [-0.4, -0.2) is 11.2 Å². The van der Waals surface area contributed by atoms with E-state index in [1.807, 2.05) is 26.0 Å². The number of aryl methyl sites for hydroxylation is 3. The lowest BCUT2D eigenvalue weighted by Crippen LogP contribution is -2.25. The molecule has 0 radical (unpaired) electrons. The number of benzene rings is 2. The Bertz CT molecular complexity index is 1020. The number of ether oxygens (including phenoxy) is 1. The van der Waals surface area contributed by atoms with Crippen LogP contribution in [0.1, 0.15) is 17.5 Å². The van der Waals surface area contributed by atoms with Crippen molar-refractivity contribution in [3.63, 3.8) is 0 Å². The van der Waals surface area contributed by atoms with Gasteiger partial charge in [0.2, 0.25) is 0 Å². The molecule has 0 aliphatic carbocycles. The predicted octanol–water partition coefficient (Wildman–Crippen LogP) is 3.69. The normalized spacial score (nSPS) is 11.0. The third-order valence-corrected chi connectivity index (χ3v) is 4.09. The van der Waals surface area contributed by atoms with Crippen molar-refractivity contribution in [3.05, 3.63) is 73.5 Å². The van der Waals surface area contributed by atoms with Crippen LogP contribution in [0.2, 0.25) is 5.02 Å². The average molecular weight is 360 g/mol. The Labute approximate surface area is 149 Å². The van der Waals surface area contributed by atoms with Crippen molar-refractivity contribution in [2.45, 2.75) is 26.8 Å². The van der Waals surface area contributed by atoms with Gasteiger partial charge in [0, 0.05) is 11.6 Å². The number of hydrogen-bond acceptors (Lipinski definition) is 4. The molecule has 3 rings (SSSR count). The van der Waals surface area contributed by atoms with Crippen LogP contribution in [0.3, 0.4) is 0 Å². The largest absolute Gasteiger partial charge is 0.494 e. The smallest absolute Gasteiger partial charge is 0.422 e. The fraction of sp³-hybridized carbons (Fsp3) is 0.263. The molecule has 1 aromatic heterocycles. The zero-order valence-electron chi connectivity index (χ0n) is 14.0. The van der Waals surface area contributed by atoms with Gasteiger partial charge in [-0.05, 0) is 61.7 Å². The lowest BCUT2D eigenvalue weighted by Gasteiger charge is -2.10. The molecule has 0 N–H and O–H groups in total. The van der Waals surface area contributed by atoms with Gasteiger partial charge in [-0.3, -0.25) is 4.57 Å². The summed E-state index contributed by atoms with van der Waals surface area (Å²) in [5, 5.41) is 0.713. The Balaban J connectivity index is 1.75. The molecule has 0 saturated heterocycles. The van der Waals surface area contributed by atoms with Crippen LogP contribution in [0.4, 0.5) is 0 Å². The summed E-state index contributed by atoms with van der Waals surface area (Å²) in [4.78, 5) is 23.8. The molecular formula is C19H18ClNO4. The van der Waals surface area contributed by atoms with Gasteiger partial charge in [-0.15, -0.1) is 0 Å². The Hall–Kier alpha value is -2.53. The molecular weight excluding hydrogens is 342 g/mol. The molecule has 1 heterocycles. The van der Waals surface area contributed by atoms with Crippen LogP contribution in [0.5, 0.6) is 5.75 Å². The van der Waals surface area contributed by atoms with Crippen LogP contribution >= 0.6 is 11.6 Å².